The van der Waals surface area contributed by atoms with Crippen LogP contribution < -0.4 is 14.4 Å². The number of anilines is 1. The largest absolute Gasteiger partial charge is 0.507 e. The van der Waals surface area contributed by atoms with Gasteiger partial charge in [-0.15, -0.1) is 0 Å². The van der Waals surface area contributed by atoms with Gasteiger partial charge in [0.1, 0.15) is 28.8 Å². The minimum atomic E-state index is -1.05. The standard InChI is InChI=1S/C32H27NO6/c1-19-16-20(2)31(38-3)24(17-19)29(35)27-28(33(32(37)30(27)36)25-14-7-8-15-26(25)34)21-10-9-13-23(18-21)39-22-11-5-4-6-12-22/h4-18,28,34-35H,1-3H3/b29-27+. The molecule has 1 heterocycles. The molecule has 0 spiro atoms. The monoisotopic (exact) mass is 521 g/mol. The van der Waals surface area contributed by atoms with Crippen molar-refractivity contribution in [2.45, 2.75) is 19.9 Å². The van der Waals surface area contributed by atoms with E-state index in [-0.39, 0.29) is 22.8 Å². The lowest BCUT2D eigenvalue weighted by atomic mass is 9.93. The van der Waals surface area contributed by atoms with Gasteiger partial charge in [0, 0.05) is 0 Å². The van der Waals surface area contributed by atoms with Gasteiger partial charge in [-0.25, -0.2) is 0 Å². The SMILES string of the molecule is COc1c(C)cc(C)cc1/C(O)=C1\C(=O)C(=O)N(c2ccccc2O)C1c1cccc(Oc2ccccc2)c1. The lowest BCUT2D eigenvalue weighted by molar-refractivity contribution is -0.132. The molecule has 7 heteroatoms. The highest BCUT2D eigenvalue weighted by Gasteiger charge is 2.48. The van der Waals surface area contributed by atoms with Crippen LogP contribution in [-0.4, -0.2) is 29.0 Å². The number of aliphatic hydroxyl groups excluding tert-OH is 1. The first-order chi connectivity index (χ1) is 18.8. The molecule has 1 aliphatic heterocycles. The third-order valence-electron chi connectivity index (χ3n) is 6.62. The summed E-state index contributed by atoms with van der Waals surface area (Å²) in [6.45, 7) is 3.71. The van der Waals surface area contributed by atoms with Crippen molar-refractivity contribution in [3.05, 3.63) is 119 Å². The maximum Gasteiger partial charge on any atom is 0.300 e. The molecule has 1 atom stereocenters. The summed E-state index contributed by atoms with van der Waals surface area (Å²) < 4.78 is 11.6. The highest BCUT2D eigenvalue weighted by molar-refractivity contribution is 6.52. The summed E-state index contributed by atoms with van der Waals surface area (Å²) >= 11 is 0. The molecule has 0 saturated carbocycles. The van der Waals surface area contributed by atoms with Crippen molar-refractivity contribution in [3.63, 3.8) is 0 Å². The number of carbonyl (C=O) groups is 2. The lowest BCUT2D eigenvalue weighted by Gasteiger charge is -2.26. The summed E-state index contributed by atoms with van der Waals surface area (Å²) in [5.74, 6) is -0.807. The van der Waals surface area contributed by atoms with Crippen molar-refractivity contribution in [1.82, 2.24) is 0 Å². The Labute approximate surface area is 226 Å². The molecule has 1 unspecified atom stereocenters. The topological polar surface area (TPSA) is 96.3 Å². The number of benzene rings is 4. The van der Waals surface area contributed by atoms with Crippen LogP contribution in [0.3, 0.4) is 0 Å². The normalized spacial score (nSPS) is 16.4. The van der Waals surface area contributed by atoms with E-state index < -0.39 is 17.7 Å². The van der Waals surface area contributed by atoms with Crippen molar-refractivity contribution in [1.29, 1.82) is 0 Å². The van der Waals surface area contributed by atoms with Crippen LogP contribution in [0.15, 0.2) is 96.6 Å². The van der Waals surface area contributed by atoms with Crippen molar-refractivity contribution in [2.24, 2.45) is 0 Å². The third kappa shape index (κ3) is 4.70. The predicted molar refractivity (Wildman–Crippen MR) is 148 cm³/mol. The van der Waals surface area contributed by atoms with Crippen LogP contribution in [0.25, 0.3) is 5.76 Å². The van der Waals surface area contributed by atoms with Gasteiger partial charge in [0.2, 0.25) is 0 Å². The zero-order valence-electron chi connectivity index (χ0n) is 21.7. The average molecular weight is 522 g/mol. The fourth-order valence-electron chi connectivity index (χ4n) is 4.98. The van der Waals surface area contributed by atoms with E-state index >= 15 is 0 Å². The quantitative estimate of drug-likeness (QED) is 0.172. The van der Waals surface area contributed by atoms with Crippen LogP contribution in [-0.2, 0) is 9.59 Å². The number of phenolic OH excluding ortho intramolecular Hbond substituents is 1. The van der Waals surface area contributed by atoms with Crippen molar-refractivity contribution >= 4 is 23.1 Å². The summed E-state index contributed by atoms with van der Waals surface area (Å²) in [6.07, 6.45) is 0. The molecule has 7 nitrogen and oxygen atoms in total. The van der Waals surface area contributed by atoms with E-state index in [0.717, 1.165) is 11.1 Å². The van der Waals surface area contributed by atoms with E-state index in [9.17, 15) is 19.8 Å². The Balaban J connectivity index is 1.73. The molecule has 5 rings (SSSR count). The van der Waals surface area contributed by atoms with Gasteiger partial charge in [0.25, 0.3) is 11.7 Å². The molecular formula is C32H27NO6. The molecule has 196 valence electrons. The van der Waals surface area contributed by atoms with Crippen LogP contribution in [0.2, 0.25) is 0 Å². The second-order valence-corrected chi connectivity index (χ2v) is 9.31. The molecule has 4 aromatic carbocycles. The Morgan fingerprint density at radius 2 is 1.54 bits per heavy atom. The smallest absolute Gasteiger partial charge is 0.300 e. The second-order valence-electron chi connectivity index (χ2n) is 9.31. The molecule has 1 fully saturated rings. The van der Waals surface area contributed by atoms with E-state index in [4.69, 9.17) is 9.47 Å². The van der Waals surface area contributed by atoms with Crippen LogP contribution in [0.4, 0.5) is 5.69 Å². The number of aliphatic hydroxyl groups is 1. The lowest BCUT2D eigenvalue weighted by Crippen LogP contribution is -2.29. The molecule has 0 aliphatic carbocycles. The number of para-hydroxylation sites is 3. The fraction of sp³-hybridized carbons (Fsp3) is 0.125. The Bertz CT molecular complexity index is 1610. The van der Waals surface area contributed by atoms with Gasteiger partial charge < -0.3 is 19.7 Å². The number of Topliss-reactive ketones (excluding diaryl/α,β-unsaturated/α-hetero) is 1. The number of nitrogens with zero attached hydrogens (tertiary/aromatic N) is 1. The Morgan fingerprint density at radius 1 is 0.846 bits per heavy atom. The van der Waals surface area contributed by atoms with Crippen molar-refractivity contribution in [3.8, 4) is 23.0 Å². The van der Waals surface area contributed by atoms with Gasteiger partial charge in [0.05, 0.1) is 30.0 Å². The van der Waals surface area contributed by atoms with Gasteiger partial charge in [-0.05, 0) is 73.0 Å². The minimum Gasteiger partial charge on any atom is -0.507 e. The highest BCUT2D eigenvalue weighted by atomic mass is 16.5. The molecule has 4 aromatic rings. The molecule has 0 bridgehead atoms. The van der Waals surface area contributed by atoms with E-state index in [1.54, 1.807) is 48.5 Å². The zero-order chi connectivity index (χ0) is 27.7. The van der Waals surface area contributed by atoms with Gasteiger partial charge in [-0.3, -0.25) is 14.5 Å². The number of ketones is 1. The average Bonchev–Trinajstić information content (AvgIpc) is 3.19. The third-order valence-corrected chi connectivity index (χ3v) is 6.62. The minimum absolute atomic E-state index is 0.122. The molecule has 1 saturated heterocycles. The predicted octanol–water partition coefficient (Wildman–Crippen LogP) is 6.44. The van der Waals surface area contributed by atoms with Crippen molar-refractivity contribution < 1.29 is 29.3 Å². The van der Waals surface area contributed by atoms with Gasteiger partial charge in [-0.2, -0.15) is 0 Å². The first-order valence-electron chi connectivity index (χ1n) is 12.4. The van der Waals surface area contributed by atoms with Crippen LogP contribution in [0.1, 0.15) is 28.3 Å². The summed E-state index contributed by atoms with van der Waals surface area (Å²) in [5.41, 5.74) is 2.44. The molecule has 39 heavy (non-hydrogen) atoms. The maximum atomic E-state index is 13.6. The number of rotatable bonds is 6. The molecule has 0 radical (unpaired) electrons. The van der Waals surface area contributed by atoms with Crippen LogP contribution >= 0.6 is 0 Å². The first kappa shape index (κ1) is 25.6. The maximum absolute atomic E-state index is 13.6. The molecule has 0 aromatic heterocycles. The number of hydrogen-bond acceptors (Lipinski definition) is 6. The Morgan fingerprint density at radius 3 is 2.26 bits per heavy atom. The Kier molecular flexibility index (Phi) is 6.81. The number of phenols is 1. The van der Waals surface area contributed by atoms with E-state index in [1.165, 1.54) is 18.1 Å². The number of carbonyl (C=O) groups excluding carboxylic acids is 2. The zero-order valence-corrected chi connectivity index (χ0v) is 21.7. The summed E-state index contributed by atoms with van der Waals surface area (Å²) in [4.78, 5) is 28.3. The van der Waals surface area contributed by atoms with Gasteiger partial charge in [-0.1, -0.05) is 48.5 Å². The fourth-order valence-corrected chi connectivity index (χ4v) is 4.98. The molecule has 2 N–H and O–H groups in total. The number of aryl methyl sites for hydroxylation is 2. The molecule has 1 aliphatic rings. The summed E-state index contributed by atoms with van der Waals surface area (Å²) in [5, 5.41) is 22.3. The second kappa shape index (κ2) is 10.4. The van der Waals surface area contributed by atoms with E-state index in [0.29, 0.717) is 28.4 Å². The van der Waals surface area contributed by atoms with E-state index in [1.807, 2.05) is 50.2 Å². The Hall–Kier alpha value is -5.04. The number of ether oxygens (including phenoxy) is 2. The van der Waals surface area contributed by atoms with Crippen molar-refractivity contribution in [2.75, 3.05) is 12.0 Å². The number of aromatic hydroxyl groups is 1. The summed E-state index contributed by atoms with van der Waals surface area (Å²) in [6, 6.07) is 25.0. The van der Waals surface area contributed by atoms with Crippen LogP contribution in [0.5, 0.6) is 23.0 Å². The van der Waals surface area contributed by atoms with Gasteiger partial charge in [0.15, 0.2) is 0 Å². The number of amides is 1. The molecular weight excluding hydrogens is 494 g/mol. The molecule has 1 amide bonds. The van der Waals surface area contributed by atoms with Crippen LogP contribution in [0, 0.1) is 13.8 Å². The van der Waals surface area contributed by atoms with E-state index in [2.05, 4.69) is 0 Å². The van der Waals surface area contributed by atoms with Gasteiger partial charge >= 0.3 is 0 Å². The first-order valence-corrected chi connectivity index (χ1v) is 12.4. The number of hydrogen-bond donors (Lipinski definition) is 2. The number of methoxy groups -OCH3 is 1. The summed E-state index contributed by atoms with van der Waals surface area (Å²) in [7, 11) is 1.48. The highest BCUT2D eigenvalue weighted by Crippen LogP contribution is 2.46.